The second kappa shape index (κ2) is 6.91. The summed E-state index contributed by atoms with van der Waals surface area (Å²) in [6.45, 7) is 3.25. The van der Waals surface area contributed by atoms with Crippen LogP contribution < -0.4 is 5.73 Å². The predicted molar refractivity (Wildman–Crippen MR) is 78.6 cm³/mol. The average molecular weight is 252 g/mol. The molecular weight excluding hydrogens is 220 g/mol. The summed E-state index contributed by atoms with van der Waals surface area (Å²) < 4.78 is 0. The molecule has 0 aromatic carbocycles. The van der Waals surface area contributed by atoms with E-state index in [1.54, 1.807) is 0 Å². The molecular formula is C16H32N2. The quantitative estimate of drug-likeness (QED) is 0.777. The summed E-state index contributed by atoms with van der Waals surface area (Å²) in [5.74, 6) is 1.76. The molecule has 0 bridgehead atoms. The Hall–Kier alpha value is -0.0800. The number of hydrogen-bond donors (Lipinski definition) is 1. The Morgan fingerprint density at radius 3 is 2.50 bits per heavy atom. The van der Waals surface area contributed by atoms with Crippen LogP contribution in [0.25, 0.3) is 0 Å². The third-order valence-electron chi connectivity index (χ3n) is 5.66. The molecule has 0 aromatic rings. The first-order valence-electron chi connectivity index (χ1n) is 8.18. The third-order valence-corrected chi connectivity index (χ3v) is 5.66. The SMILES string of the molecule is CCC1CCCC(N(C)C2CCCC2CN)CC1. The van der Waals surface area contributed by atoms with E-state index in [2.05, 4.69) is 18.9 Å². The van der Waals surface area contributed by atoms with E-state index < -0.39 is 0 Å². The molecule has 0 saturated heterocycles. The first-order valence-corrected chi connectivity index (χ1v) is 8.18. The molecule has 2 fully saturated rings. The van der Waals surface area contributed by atoms with Gasteiger partial charge in [0.15, 0.2) is 0 Å². The lowest BCUT2D eigenvalue weighted by molar-refractivity contribution is 0.129. The molecule has 2 N–H and O–H groups in total. The summed E-state index contributed by atoms with van der Waals surface area (Å²) in [6, 6.07) is 1.61. The molecule has 0 spiro atoms. The molecule has 18 heavy (non-hydrogen) atoms. The largest absolute Gasteiger partial charge is 0.330 e. The fourth-order valence-electron chi connectivity index (χ4n) is 4.27. The molecule has 4 unspecified atom stereocenters. The Bertz CT molecular complexity index is 241. The van der Waals surface area contributed by atoms with Crippen LogP contribution in [-0.4, -0.2) is 30.6 Å². The van der Waals surface area contributed by atoms with Gasteiger partial charge in [0, 0.05) is 12.1 Å². The normalized spacial score (nSPS) is 38.0. The van der Waals surface area contributed by atoms with Gasteiger partial charge in [0.05, 0.1) is 0 Å². The maximum Gasteiger partial charge on any atom is 0.0135 e. The summed E-state index contributed by atoms with van der Waals surface area (Å²) in [7, 11) is 2.37. The van der Waals surface area contributed by atoms with Crippen molar-refractivity contribution in [3.05, 3.63) is 0 Å². The van der Waals surface area contributed by atoms with Gasteiger partial charge in [-0.1, -0.05) is 32.6 Å². The lowest BCUT2D eigenvalue weighted by Gasteiger charge is -2.35. The predicted octanol–water partition coefficient (Wildman–Crippen LogP) is 3.40. The van der Waals surface area contributed by atoms with Crippen molar-refractivity contribution in [1.82, 2.24) is 4.90 Å². The summed E-state index contributed by atoms with van der Waals surface area (Å²) in [5.41, 5.74) is 5.94. The maximum atomic E-state index is 5.94. The number of rotatable bonds is 4. The number of nitrogens with zero attached hydrogens (tertiary/aromatic N) is 1. The zero-order valence-corrected chi connectivity index (χ0v) is 12.4. The smallest absolute Gasteiger partial charge is 0.0135 e. The monoisotopic (exact) mass is 252 g/mol. The van der Waals surface area contributed by atoms with Crippen molar-refractivity contribution in [1.29, 1.82) is 0 Å². The summed E-state index contributed by atoms with van der Waals surface area (Å²) in [6.07, 6.45) is 12.7. The van der Waals surface area contributed by atoms with Gasteiger partial charge < -0.3 is 10.6 Å². The van der Waals surface area contributed by atoms with Gasteiger partial charge in [0.1, 0.15) is 0 Å². The van der Waals surface area contributed by atoms with Crippen LogP contribution in [0.1, 0.15) is 64.7 Å². The molecule has 2 saturated carbocycles. The van der Waals surface area contributed by atoms with Gasteiger partial charge in [-0.3, -0.25) is 0 Å². The summed E-state index contributed by atoms with van der Waals surface area (Å²) >= 11 is 0. The Balaban J connectivity index is 1.89. The van der Waals surface area contributed by atoms with Crippen LogP contribution in [0.4, 0.5) is 0 Å². The standard InChI is InChI=1S/C16H32N2/c1-3-13-6-4-8-15(11-10-13)18(2)16-9-5-7-14(16)12-17/h13-16H,3-12,17H2,1-2H3. The highest BCUT2D eigenvalue weighted by molar-refractivity contribution is 4.88. The molecule has 2 heteroatoms. The van der Waals surface area contributed by atoms with Crippen molar-refractivity contribution in [2.24, 2.45) is 17.6 Å². The van der Waals surface area contributed by atoms with Gasteiger partial charge in [-0.25, -0.2) is 0 Å². The van der Waals surface area contributed by atoms with Crippen LogP contribution in [0.5, 0.6) is 0 Å². The highest BCUT2D eigenvalue weighted by Crippen LogP contribution is 2.34. The van der Waals surface area contributed by atoms with E-state index in [1.165, 1.54) is 57.8 Å². The first-order chi connectivity index (χ1) is 8.76. The van der Waals surface area contributed by atoms with Crippen LogP contribution in [0.2, 0.25) is 0 Å². The van der Waals surface area contributed by atoms with Crippen LogP contribution in [0.3, 0.4) is 0 Å². The Kier molecular flexibility index (Phi) is 5.50. The minimum absolute atomic E-state index is 0.764. The van der Waals surface area contributed by atoms with E-state index in [9.17, 15) is 0 Å². The minimum atomic E-state index is 0.764. The zero-order chi connectivity index (χ0) is 13.0. The highest BCUT2D eigenvalue weighted by Gasteiger charge is 2.33. The first kappa shape index (κ1) is 14.3. The molecule has 0 aromatic heterocycles. The molecule has 0 amide bonds. The van der Waals surface area contributed by atoms with E-state index >= 15 is 0 Å². The van der Waals surface area contributed by atoms with Gasteiger partial charge in [-0.15, -0.1) is 0 Å². The Labute approximate surface area is 113 Å². The molecule has 0 aliphatic heterocycles. The molecule has 106 valence electrons. The maximum absolute atomic E-state index is 5.94. The van der Waals surface area contributed by atoms with Gasteiger partial charge in [-0.2, -0.15) is 0 Å². The van der Waals surface area contributed by atoms with E-state index in [0.29, 0.717) is 0 Å². The van der Waals surface area contributed by atoms with Gasteiger partial charge in [0.2, 0.25) is 0 Å². The molecule has 4 atom stereocenters. The minimum Gasteiger partial charge on any atom is -0.330 e. The molecule has 2 aliphatic carbocycles. The topological polar surface area (TPSA) is 29.3 Å². The van der Waals surface area contributed by atoms with Gasteiger partial charge >= 0.3 is 0 Å². The highest BCUT2D eigenvalue weighted by atomic mass is 15.2. The van der Waals surface area contributed by atoms with E-state index in [1.807, 2.05) is 0 Å². The van der Waals surface area contributed by atoms with E-state index in [-0.39, 0.29) is 0 Å². The number of hydrogen-bond acceptors (Lipinski definition) is 2. The van der Waals surface area contributed by atoms with Crippen molar-refractivity contribution in [3.8, 4) is 0 Å². The molecule has 2 nitrogen and oxygen atoms in total. The molecule has 0 radical (unpaired) electrons. The second-order valence-electron chi connectivity index (χ2n) is 6.60. The van der Waals surface area contributed by atoms with Gasteiger partial charge in [0.25, 0.3) is 0 Å². The second-order valence-corrected chi connectivity index (χ2v) is 6.60. The zero-order valence-electron chi connectivity index (χ0n) is 12.4. The Morgan fingerprint density at radius 1 is 1.00 bits per heavy atom. The lowest BCUT2D eigenvalue weighted by atomic mass is 9.96. The third kappa shape index (κ3) is 3.27. The van der Waals surface area contributed by atoms with E-state index in [0.717, 1.165) is 30.5 Å². The Morgan fingerprint density at radius 2 is 1.78 bits per heavy atom. The van der Waals surface area contributed by atoms with Crippen LogP contribution in [0, 0.1) is 11.8 Å². The van der Waals surface area contributed by atoms with Gasteiger partial charge in [-0.05, 0) is 57.5 Å². The van der Waals surface area contributed by atoms with Crippen LogP contribution in [0.15, 0.2) is 0 Å². The molecule has 2 rings (SSSR count). The van der Waals surface area contributed by atoms with Crippen LogP contribution in [-0.2, 0) is 0 Å². The number of nitrogens with two attached hydrogens (primary N) is 1. The average Bonchev–Trinajstić information content (AvgIpc) is 2.74. The lowest BCUT2D eigenvalue weighted by Crippen LogP contribution is -2.43. The molecule has 0 heterocycles. The van der Waals surface area contributed by atoms with Crippen molar-refractivity contribution in [2.45, 2.75) is 76.8 Å². The van der Waals surface area contributed by atoms with Crippen molar-refractivity contribution >= 4 is 0 Å². The van der Waals surface area contributed by atoms with E-state index in [4.69, 9.17) is 5.73 Å². The van der Waals surface area contributed by atoms with Crippen molar-refractivity contribution in [2.75, 3.05) is 13.6 Å². The fourth-order valence-corrected chi connectivity index (χ4v) is 4.27. The fraction of sp³-hybridized carbons (Fsp3) is 1.00. The van der Waals surface area contributed by atoms with Crippen molar-refractivity contribution in [3.63, 3.8) is 0 Å². The van der Waals surface area contributed by atoms with Crippen LogP contribution >= 0.6 is 0 Å². The van der Waals surface area contributed by atoms with Crippen molar-refractivity contribution < 1.29 is 0 Å². The summed E-state index contributed by atoms with van der Waals surface area (Å²) in [4.78, 5) is 2.71. The summed E-state index contributed by atoms with van der Waals surface area (Å²) in [5, 5.41) is 0. The molecule has 2 aliphatic rings.